The van der Waals surface area contributed by atoms with Crippen molar-refractivity contribution >= 4 is 40.7 Å². The minimum absolute atomic E-state index is 0. The van der Waals surface area contributed by atoms with Gasteiger partial charge in [0.2, 0.25) is 0 Å². The van der Waals surface area contributed by atoms with Crippen molar-refractivity contribution in [3.8, 4) is 0 Å². The van der Waals surface area contributed by atoms with Crippen LogP contribution in [0.4, 0.5) is 0 Å². The Kier molecular flexibility index (Phi) is 11.8. The van der Waals surface area contributed by atoms with Crippen LogP contribution >= 0.6 is 24.0 Å². The predicted molar refractivity (Wildman–Crippen MR) is 144 cm³/mol. The minimum Gasteiger partial charge on any atom is -0.354 e. The van der Waals surface area contributed by atoms with Crippen LogP contribution in [0.15, 0.2) is 29.3 Å². The quantitative estimate of drug-likeness (QED) is 0.295. The Hall–Kier alpha value is -0.670. The van der Waals surface area contributed by atoms with E-state index in [1.54, 1.807) is 0 Å². The van der Waals surface area contributed by atoms with Gasteiger partial charge in [-0.05, 0) is 56.7 Å². The van der Waals surface area contributed by atoms with Crippen LogP contribution in [-0.2, 0) is 23.9 Å². The van der Waals surface area contributed by atoms with Gasteiger partial charge in [0.05, 0.1) is 0 Å². The molecule has 1 saturated heterocycles. The lowest BCUT2D eigenvalue weighted by Gasteiger charge is -2.33. The topological polar surface area (TPSA) is 56.7 Å². The molecule has 176 valence electrons. The molecule has 2 N–H and O–H groups in total. The van der Waals surface area contributed by atoms with Gasteiger partial charge in [-0.3, -0.25) is 14.1 Å². The molecule has 0 amide bonds. The number of benzene rings is 1. The number of rotatable bonds is 7. The molecule has 1 heterocycles. The first kappa shape index (κ1) is 26.6. The second kappa shape index (κ2) is 13.8. The number of nitrogens with zero attached hydrogens (tertiary/aromatic N) is 2. The average Bonchev–Trinajstić information content (AvgIpc) is 2.78. The van der Waals surface area contributed by atoms with E-state index in [1.807, 2.05) is 14.0 Å². The third-order valence-corrected chi connectivity index (χ3v) is 8.40. The smallest absolute Gasteiger partial charge is 0.191 e. The second-order valence-corrected chi connectivity index (χ2v) is 10.9. The van der Waals surface area contributed by atoms with E-state index in [0.29, 0.717) is 17.3 Å². The molecule has 7 heteroatoms. The molecular weight excluding hydrogens is 519 g/mol. The van der Waals surface area contributed by atoms with E-state index in [9.17, 15) is 4.21 Å². The van der Waals surface area contributed by atoms with Crippen molar-refractivity contribution < 1.29 is 4.21 Å². The molecule has 4 atom stereocenters. The molecular formula is C24H41IN4OS. The maximum absolute atomic E-state index is 12.2. The van der Waals surface area contributed by atoms with Crippen LogP contribution in [-0.4, -0.2) is 51.7 Å². The third-order valence-electron chi connectivity index (χ3n) is 6.66. The molecule has 31 heavy (non-hydrogen) atoms. The van der Waals surface area contributed by atoms with Crippen molar-refractivity contribution in [2.24, 2.45) is 4.99 Å². The number of nitrogens with one attached hydrogen (secondary N) is 2. The molecule has 1 aromatic rings. The normalized spacial score (nSPS) is 26.0. The lowest BCUT2D eigenvalue weighted by atomic mass is 9.95. The first-order chi connectivity index (χ1) is 14.6. The van der Waals surface area contributed by atoms with E-state index in [1.165, 1.54) is 36.9 Å². The zero-order valence-corrected chi connectivity index (χ0v) is 22.6. The number of aliphatic imine (C=N–C) groups is 1. The number of hydrogen-bond acceptors (Lipinski definition) is 3. The molecule has 2 aliphatic rings. The van der Waals surface area contributed by atoms with Gasteiger partial charge in [-0.1, -0.05) is 44.0 Å². The lowest BCUT2D eigenvalue weighted by Crippen LogP contribution is -2.46. The van der Waals surface area contributed by atoms with Gasteiger partial charge in [-0.2, -0.15) is 0 Å². The number of likely N-dealkylation sites (tertiary alicyclic amines) is 1. The second-order valence-electron chi connectivity index (χ2n) is 8.86. The Morgan fingerprint density at radius 1 is 1.13 bits per heavy atom. The van der Waals surface area contributed by atoms with Crippen molar-refractivity contribution in [3.05, 3.63) is 35.4 Å². The van der Waals surface area contributed by atoms with E-state index in [-0.39, 0.29) is 24.0 Å². The highest BCUT2D eigenvalue weighted by Crippen LogP contribution is 2.23. The first-order valence-electron chi connectivity index (χ1n) is 11.7. The van der Waals surface area contributed by atoms with Gasteiger partial charge in [-0.25, -0.2) is 0 Å². The number of halogens is 1. The summed E-state index contributed by atoms with van der Waals surface area (Å²) in [5.41, 5.74) is 2.66. The summed E-state index contributed by atoms with van der Waals surface area (Å²) < 4.78 is 12.2. The van der Waals surface area contributed by atoms with Crippen LogP contribution < -0.4 is 10.6 Å². The largest absolute Gasteiger partial charge is 0.354 e. The van der Waals surface area contributed by atoms with Crippen molar-refractivity contribution in [1.29, 1.82) is 0 Å². The van der Waals surface area contributed by atoms with Crippen molar-refractivity contribution in [1.82, 2.24) is 15.5 Å². The summed E-state index contributed by atoms with van der Waals surface area (Å²) in [7, 11) is 1.13. The Labute approximate surface area is 208 Å². The molecule has 3 rings (SSSR count). The SMILES string of the molecule is CCS(=O)C1CCCC(NC(=NC)NCc2ccc(CN3CCCCC3C)cc2)C1.I. The highest BCUT2D eigenvalue weighted by atomic mass is 127. The maximum Gasteiger partial charge on any atom is 0.191 e. The van der Waals surface area contributed by atoms with Gasteiger partial charge in [-0.15, -0.1) is 24.0 Å². The number of hydrogen-bond donors (Lipinski definition) is 2. The van der Waals surface area contributed by atoms with Gasteiger partial charge >= 0.3 is 0 Å². The van der Waals surface area contributed by atoms with E-state index in [0.717, 1.165) is 50.5 Å². The van der Waals surface area contributed by atoms with E-state index >= 15 is 0 Å². The fourth-order valence-corrected chi connectivity index (χ4v) is 6.06. The van der Waals surface area contributed by atoms with Crippen molar-refractivity contribution in [2.75, 3.05) is 19.3 Å². The molecule has 2 fully saturated rings. The molecule has 0 bridgehead atoms. The Morgan fingerprint density at radius 3 is 2.55 bits per heavy atom. The molecule has 1 aliphatic heterocycles. The van der Waals surface area contributed by atoms with Gasteiger partial charge in [0.25, 0.3) is 0 Å². The molecule has 1 aliphatic carbocycles. The van der Waals surface area contributed by atoms with Crippen LogP contribution in [0.2, 0.25) is 0 Å². The van der Waals surface area contributed by atoms with Gasteiger partial charge in [0.1, 0.15) is 0 Å². The summed E-state index contributed by atoms with van der Waals surface area (Å²) in [6, 6.07) is 10.0. The fourth-order valence-electron chi connectivity index (χ4n) is 4.71. The summed E-state index contributed by atoms with van der Waals surface area (Å²) in [4.78, 5) is 7.01. The van der Waals surface area contributed by atoms with E-state index < -0.39 is 10.8 Å². The maximum atomic E-state index is 12.2. The summed E-state index contributed by atoms with van der Waals surface area (Å²) >= 11 is 0. The van der Waals surface area contributed by atoms with Gasteiger partial charge < -0.3 is 10.6 Å². The molecule has 1 aromatic carbocycles. The predicted octanol–water partition coefficient (Wildman–Crippen LogP) is 4.42. The Morgan fingerprint density at radius 2 is 1.87 bits per heavy atom. The van der Waals surface area contributed by atoms with Crippen molar-refractivity contribution in [3.63, 3.8) is 0 Å². The first-order valence-corrected chi connectivity index (χ1v) is 13.1. The Bertz CT molecular complexity index is 712. The standard InChI is InChI=1S/C24H40N4OS.HI/c1-4-30(29)23-10-7-9-22(16-23)27-24(25-3)26-17-20-11-13-21(14-12-20)18-28-15-6-5-8-19(28)2;/h11-14,19,22-23H,4-10,15-18H2,1-3H3,(H2,25,26,27);1H. The number of piperidine rings is 1. The Balaban J connectivity index is 0.00000341. The summed E-state index contributed by atoms with van der Waals surface area (Å²) in [5.74, 6) is 1.60. The fraction of sp³-hybridized carbons (Fsp3) is 0.708. The average molecular weight is 561 g/mol. The third kappa shape index (κ3) is 8.31. The molecule has 0 aromatic heterocycles. The van der Waals surface area contributed by atoms with Crippen LogP contribution in [0, 0.1) is 0 Å². The monoisotopic (exact) mass is 560 g/mol. The van der Waals surface area contributed by atoms with Crippen molar-refractivity contribution in [2.45, 2.75) is 89.2 Å². The minimum atomic E-state index is -0.696. The van der Waals surface area contributed by atoms with E-state index in [4.69, 9.17) is 0 Å². The highest BCUT2D eigenvalue weighted by molar-refractivity contribution is 14.0. The van der Waals surface area contributed by atoms with Crippen LogP contribution in [0.25, 0.3) is 0 Å². The molecule has 1 saturated carbocycles. The number of guanidine groups is 1. The van der Waals surface area contributed by atoms with Crippen LogP contribution in [0.3, 0.4) is 0 Å². The van der Waals surface area contributed by atoms with Crippen LogP contribution in [0.1, 0.15) is 69.9 Å². The summed E-state index contributed by atoms with van der Waals surface area (Å²) in [6.45, 7) is 7.41. The summed E-state index contributed by atoms with van der Waals surface area (Å²) in [5, 5.41) is 7.33. The zero-order chi connectivity index (χ0) is 21.3. The summed E-state index contributed by atoms with van der Waals surface area (Å²) in [6.07, 6.45) is 8.36. The molecule has 0 spiro atoms. The van der Waals surface area contributed by atoms with Crippen LogP contribution in [0.5, 0.6) is 0 Å². The lowest BCUT2D eigenvalue weighted by molar-refractivity contribution is 0.152. The molecule has 4 unspecified atom stereocenters. The van der Waals surface area contributed by atoms with Gasteiger partial charge in [0.15, 0.2) is 5.96 Å². The molecule has 0 radical (unpaired) electrons. The van der Waals surface area contributed by atoms with Gasteiger partial charge in [0, 0.05) is 54.0 Å². The van der Waals surface area contributed by atoms with E-state index in [2.05, 4.69) is 51.7 Å². The molecule has 5 nitrogen and oxygen atoms in total. The zero-order valence-electron chi connectivity index (χ0n) is 19.4. The highest BCUT2D eigenvalue weighted by Gasteiger charge is 2.26.